The largest absolute Gasteiger partial charge is 0.343 e. The van der Waals surface area contributed by atoms with Gasteiger partial charge in [-0.2, -0.15) is 5.10 Å². The predicted octanol–water partition coefficient (Wildman–Crippen LogP) is 2.36. The summed E-state index contributed by atoms with van der Waals surface area (Å²) in [6.45, 7) is 5.32. The molecule has 0 saturated heterocycles. The molecule has 0 unspecified atom stereocenters. The van der Waals surface area contributed by atoms with E-state index in [4.69, 9.17) is 23.2 Å². The molecule has 0 aliphatic heterocycles. The van der Waals surface area contributed by atoms with E-state index in [9.17, 15) is 9.59 Å². The minimum Gasteiger partial charge on any atom is -0.343 e. The van der Waals surface area contributed by atoms with Gasteiger partial charge in [0.2, 0.25) is 0 Å². The average Bonchev–Trinajstić information content (AvgIpc) is 2.31. The van der Waals surface area contributed by atoms with E-state index in [1.54, 1.807) is 39.0 Å². The second-order valence-corrected chi connectivity index (χ2v) is 5.89. The number of benzene rings is 1. The Bertz CT molecular complexity index is 551. The van der Waals surface area contributed by atoms with Gasteiger partial charge in [0.15, 0.2) is 0 Å². The number of hydrogen-bond donors (Lipinski definition) is 2. The lowest BCUT2D eigenvalue weighted by Crippen LogP contribution is -2.47. The molecule has 108 valence electrons. The molecule has 0 aliphatic rings. The number of carbonyl (C=O) groups is 2. The van der Waals surface area contributed by atoms with Crippen molar-refractivity contribution in [1.82, 2.24) is 10.7 Å². The summed E-state index contributed by atoms with van der Waals surface area (Å²) in [5.74, 6) is -1.58. The summed E-state index contributed by atoms with van der Waals surface area (Å²) in [5, 5.41) is 7.01. The fraction of sp³-hybridized carbons (Fsp3) is 0.308. The molecule has 1 aromatic rings. The Morgan fingerprint density at radius 1 is 1.15 bits per heavy atom. The van der Waals surface area contributed by atoms with E-state index in [0.717, 1.165) is 0 Å². The lowest BCUT2D eigenvalue weighted by Gasteiger charge is -2.19. The summed E-state index contributed by atoms with van der Waals surface area (Å²) < 4.78 is 0. The highest BCUT2D eigenvalue weighted by molar-refractivity contribution is 6.42. The lowest BCUT2D eigenvalue weighted by molar-refractivity contribution is -0.140. The van der Waals surface area contributed by atoms with Crippen LogP contribution in [0.5, 0.6) is 0 Å². The van der Waals surface area contributed by atoms with Gasteiger partial charge in [0.1, 0.15) is 0 Å². The molecule has 0 fully saturated rings. The highest BCUT2D eigenvalue weighted by atomic mass is 35.5. The Hall–Kier alpha value is -1.59. The van der Waals surface area contributed by atoms with Gasteiger partial charge in [-0.05, 0) is 38.5 Å². The molecule has 7 heteroatoms. The molecule has 5 nitrogen and oxygen atoms in total. The Balaban J connectivity index is 2.58. The second-order valence-electron chi connectivity index (χ2n) is 5.08. The van der Waals surface area contributed by atoms with Crippen molar-refractivity contribution in [3.05, 3.63) is 33.8 Å². The smallest absolute Gasteiger partial charge is 0.329 e. The van der Waals surface area contributed by atoms with Gasteiger partial charge in [0.05, 0.1) is 16.3 Å². The molecule has 0 aromatic heterocycles. The van der Waals surface area contributed by atoms with Crippen LogP contribution in [0.1, 0.15) is 26.3 Å². The first-order valence-electron chi connectivity index (χ1n) is 5.79. The molecule has 0 spiro atoms. The van der Waals surface area contributed by atoms with Gasteiger partial charge in [0, 0.05) is 5.54 Å². The van der Waals surface area contributed by atoms with E-state index in [1.807, 2.05) is 0 Å². The van der Waals surface area contributed by atoms with E-state index in [2.05, 4.69) is 15.8 Å². The molecule has 2 amide bonds. The number of nitrogens with zero attached hydrogens (tertiary/aromatic N) is 1. The number of halogens is 2. The van der Waals surface area contributed by atoms with E-state index >= 15 is 0 Å². The molecule has 0 radical (unpaired) electrons. The van der Waals surface area contributed by atoms with Crippen LogP contribution in [0, 0.1) is 0 Å². The minimum atomic E-state index is -0.837. The zero-order chi connectivity index (χ0) is 15.3. The quantitative estimate of drug-likeness (QED) is 0.499. The topological polar surface area (TPSA) is 70.6 Å². The maximum Gasteiger partial charge on any atom is 0.329 e. The first-order chi connectivity index (χ1) is 9.19. The van der Waals surface area contributed by atoms with Gasteiger partial charge in [-0.15, -0.1) is 0 Å². The number of amides is 2. The standard InChI is InChI=1S/C13H15Cl2N3O2/c1-13(2,3)17-11(19)12(20)18-16-7-8-4-5-9(14)10(15)6-8/h4-7H,1-3H3,(H,17,19)(H,18,20)/b16-7-. The van der Waals surface area contributed by atoms with Crippen LogP contribution in [0.2, 0.25) is 10.0 Å². The van der Waals surface area contributed by atoms with Crippen molar-refractivity contribution >= 4 is 41.2 Å². The number of hydrogen-bond acceptors (Lipinski definition) is 3. The van der Waals surface area contributed by atoms with Crippen molar-refractivity contribution < 1.29 is 9.59 Å². The monoisotopic (exact) mass is 315 g/mol. The number of rotatable bonds is 2. The molecular weight excluding hydrogens is 301 g/mol. The van der Waals surface area contributed by atoms with Gasteiger partial charge in [-0.25, -0.2) is 5.43 Å². The van der Waals surface area contributed by atoms with E-state index in [0.29, 0.717) is 15.6 Å². The van der Waals surface area contributed by atoms with Crippen LogP contribution in [0.25, 0.3) is 0 Å². The summed E-state index contributed by atoms with van der Waals surface area (Å²) in [4.78, 5) is 22.9. The van der Waals surface area contributed by atoms with Crippen molar-refractivity contribution in [2.24, 2.45) is 5.10 Å². The molecular formula is C13H15Cl2N3O2. The molecule has 1 rings (SSSR count). The van der Waals surface area contributed by atoms with Crippen LogP contribution < -0.4 is 10.7 Å². The second kappa shape index (κ2) is 6.72. The first-order valence-corrected chi connectivity index (χ1v) is 6.55. The Kier molecular flexibility index (Phi) is 5.53. The third kappa shape index (κ3) is 5.59. The zero-order valence-corrected chi connectivity index (χ0v) is 12.8. The normalized spacial score (nSPS) is 11.4. The molecule has 2 N–H and O–H groups in total. The Labute approximate surface area is 127 Å². The molecule has 0 aliphatic carbocycles. The van der Waals surface area contributed by atoms with E-state index < -0.39 is 17.4 Å². The fourth-order valence-corrected chi connectivity index (χ4v) is 1.51. The molecule has 0 heterocycles. The Morgan fingerprint density at radius 3 is 2.35 bits per heavy atom. The number of nitrogens with one attached hydrogen (secondary N) is 2. The highest BCUT2D eigenvalue weighted by Gasteiger charge is 2.19. The molecule has 0 saturated carbocycles. The van der Waals surface area contributed by atoms with Crippen LogP contribution in [-0.4, -0.2) is 23.6 Å². The van der Waals surface area contributed by atoms with E-state index in [1.165, 1.54) is 6.21 Å². The summed E-state index contributed by atoms with van der Waals surface area (Å²) in [7, 11) is 0. The third-order valence-corrected chi connectivity index (χ3v) is 2.76. The maximum absolute atomic E-state index is 11.5. The summed E-state index contributed by atoms with van der Waals surface area (Å²) in [6, 6.07) is 4.88. The van der Waals surface area contributed by atoms with Gasteiger partial charge in [0.25, 0.3) is 0 Å². The van der Waals surface area contributed by atoms with Crippen LogP contribution in [0.3, 0.4) is 0 Å². The molecule has 0 bridgehead atoms. The van der Waals surface area contributed by atoms with Crippen molar-refractivity contribution in [3.63, 3.8) is 0 Å². The summed E-state index contributed by atoms with van der Waals surface area (Å²) >= 11 is 11.6. The van der Waals surface area contributed by atoms with Crippen LogP contribution in [0.4, 0.5) is 0 Å². The Morgan fingerprint density at radius 2 is 1.80 bits per heavy atom. The minimum absolute atomic E-state index is 0.382. The van der Waals surface area contributed by atoms with Crippen LogP contribution >= 0.6 is 23.2 Å². The summed E-state index contributed by atoms with van der Waals surface area (Å²) in [6.07, 6.45) is 1.37. The van der Waals surface area contributed by atoms with Crippen molar-refractivity contribution in [2.75, 3.05) is 0 Å². The van der Waals surface area contributed by atoms with Gasteiger partial charge < -0.3 is 5.32 Å². The third-order valence-electron chi connectivity index (χ3n) is 2.02. The SMILES string of the molecule is CC(C)(C)NC(=O)C(=O)N/N=C\c1ccc(Cl)c(Cl)c1. The van der Waals surface area contributed by atoms with Crippen molar-refractivity contribution in [3.8, 4) is 0 Å². The van der Waals surface area contributed by atoms with Crippen molar-refractivity contribution in [2.45, 2.75) is 26.3 Å². The van der Waals surface area contributed by atoms with E-state index in [-0.39, 0.29) is 0 Å². The number of carbonyl (C=O) groups excluding carboxylic acids is 2. The van der Waals surface area contributed by atoms with Gasteiger partial charge >= 0.3 is 11.8 Å². The zero-order valence-electron chi connectivity index (χ0n) is 11.3. The predicted molar refractivity (Wildman–Crippen MR) is 80.1 cm³/mol. The average molecular weight is 316 g/mol. The van der Waals surface area contributed by atoms with Gasteiger partial charge in [-0.3, -0.25) is 9.59 Å². The first kappa shape index (κ1) is 16.5. The van der Waals surface area contributed by atoms with Crippen molar-refractivity contribution in [1.29, 1.82) is 0 Å². The molecule has 0 atom stereocenters. The van der Waals surface area contributed by atoms with Crippen LogP contribution in [0.15, 0.2) is 23.3 Å². The van der Waals surface area contributed by atoms with Crippen LogP contribution in [-0.2, 0) is 9.59 Å². The lowest BCUT2D eigenvalue weighted by atomic mass is 10.1. The molecule has 1 aromatic carbocycles. The summed E-state index contributed by atoms with van der Waals surface area (Å²) in [5.41, 5.74) is 2.29. The molecule has 20 heavy (non-hydrogen) atoms. The maximum atomic E-state index is 11.5. The number of hydrazone groups is 1. The van der Waals surface area contributed by atoms with Gasteiger partial charge in [-0.1, -0.05) is 29.3 Å². The highest BCUT2D eigenvalue weighted by Crippen LogP contribution is 2.21. The fourth-order valence-electron chi connectivity index (χ4n) is 1.21.